The summed E-state index contributed by atoms with van der Waals surface area (Å²) in [5.41, 5.74) is 1.02. The molecule has 3 aliphatic rings. The van der Waals surface area contributed by atoms with E-state index in [1.54, 1.807) is 0 Å². The summed E-state index contributed by atoms with van der Waals surface area (Å²) in [7, 11) is 0. The zero-order chi connectivity index (χ0) is 17.1. The number of rotatable bonds is 5. The maximum Gasteiger partial charge on any atom is 0.407 e. The van der Waals surface area contributed by atoms with Crippen molar-refractivity contribution >= 4 is 6.09 Å². The first-order valence-corrected chi connectivity index (χ1v) is 9.73. The predicted octanol–water partition coefficient (Wildman–Crippen LogP) is 2.66. The molecule has 2 atom stereocenters. The average Bonchev–Trinajstić information content (AvgIpc) is 3.07. The number of benzene rings is 1. The van der Waals surface area contributed by atoms with Gasteiger partial charge in [0.25, 0.3) is 0 Å². The largest absolute Gasteiger partial charge is 0.445 e. The van der Waals surface area contributed by atoms with Gasteiger partial charge in [0, 0.05) is 24.2 Å². The first-order chi connectivity index (χ1) is 12.3. The molecular weight excluding hydrogens is 314 g/mol. The van der Waals surface area contributed by atoms with E-state index in [0.717, 1.165) is 24.4 Å². The topological polar surface area (TPSA) is 53.6 Å². The molecule has 5 nitrogen and oxygen atoms in total. The molecule has 5 heteroatoms. The fraction of sp³-hybridized carbons (Fsp3) is 0.650. The van der Waals surface area contributed by atoms with Crippen molar-refractivity contribution < 1.29 is 9.53 Å². The van der Waals surface area contributed by atoms with Crippen molar-refractivity contribution in [2.24, 2.45) is 0 Å². The summed E-state index contributed by atoms with van der Waals surface area (Å²) in [6, 6.07) is 12.1. The Kier molecular flexibility index (Phi) is 5.22. The number of nitrogens with zero attached hydrogens (tertiary/aromatic N) is 1. The van der Waals surface area contributed by atoms with Crippen LogP contribution in [0.25, 0.3) is 0 Å². The zero-order valence-corrected chi connectivity index (χ0v) is 14.8. The van der Waals surface area contributed by atoms with Crippen LogP contribution in [0.2, 0.25) is 0 Å². The van der Waals surface area contributed by atoms with Crippen molar-refractivity contribution in [3.8, 4) is 0 Å². The highest BCUT2D eigenvalue weighted by Crippen LogP contribution is 2.29. The summed E-state index contributed by atoms with van der Waals surface area (Å²) in [6.07, 6.45) is 7.05. The fourth-order valence-corrected chi connectivity index (χ4v) is 4.51. The van der Waals surface area contributed by atoms with E-state index >= 15 is 0 Å². The second-order valence-electron chi connectivity index (χ2n) is 7.79. The van der Waals surface area contributed by atoms with Gasteiger partial charge in [0.1, 0.15) is 6.61 Å². The third-order valence-electron chi connectivity index (χ3n) is 5.96. The summed E-state index contributed by atoms with van der Waals surface area (Å²) in [5.74, 6) is 0. The van der Waals surface area contributed by atoms with Crippen molar-refractivity contribution in [2.75, 3.05) is 13.1 Å². The van der Waals surface area contributed by atoms with Gasteiger partial charge in [0.15, 0.2) is 0 Å². The molecule has 2 aliphatic heterocycles. The summed E-state index contributed by atoms with van der Waals surface area (Å²) >= 11 is 0. The number of fused-ring (bicyclic) bond motifs is 1. The highest BCUT2D eigenvalue weighted by Gasteiger charge is 2.36. The number of carbonyl (C=O) groups excluding carboxylic acids is 1. The lowest BCUT2D eigenvalue weighted by Crippen LogP contribution is -2.56. The minimum atomic E-state index is -0.299. The van der Waals surface area contributed by atoms with Crippen LogP contribution in [0.3, 0.4) is 0 Å². The van der Waals surface area contributed by atoms with E-state index in [9.17, 15) is 4.79 Å². The molecule has 2 heterocycles. The lowest BCUT2D eigenvalue weighted by atomic mass is 9.85. The SMILES string of the molecule is O=C(NC1CC(NC2CCN3CCCC3C2)C1)OCc1ccccc1. The highest BCUT2D eigenvalue weighted by atomic mass is 16.5. The van der Waals surface area contributed by atoms with E-state index < -0.39 is 0 Å². The Labute approximate surface area is 150 Å². The van der Waals surface area contributed by atoms with Crippen LogP contribution in [0, 0.1) is 0 Å². The van der Waals surface area contributed by atoms with Crippen molar-refractivity contribution in [1.29, 1.82) is 0 Å². The molecule has 0 radical (unpaired) electrons. The molecule has 2 unspecified atom stereocenters. The van der Waals surface area contributed by atoms with Gasteiger partial charge >= 0.3 is 6.09 Å². The number of nitrogens with one attached hydrogen (secondary N) is 2. The molecule has 3 fully saturated rings. The minimum absolute atomic E-state index is 0.257. The van der Waals surface area contributed by atoms with E-state index in [-0.39, 0.29) is 12.1 Å². The fourth-order valence-electron chi connectivity index (χ4n) is 4.51. The van der Waals surface area contributed by atoms with Crippen LogP contribution in [0.4, 0.5) is 4.79 Å². The first-order valence-electron chi connectivity index (χ1n) is 9.73. The van der Waals surface area contributed by atoms with Crippen LogP contribution in [-0.4, -0.2) is 48.3 Å². The van der Waals surface area contributed by atoms with Gasteiger partial charge in [0.2, 0.25) is 0 Å². The van der Waals surface area contributed by atoms with Gasteiger partial charge in [-0.2, -0.15) is 0 Å². The number of hydrogen-bond acceptors (Lipinski definition) is 4. The number of amides is 1. The second kappa shape index (κ2) is 7.75. The van der Waals surface area contributed by atoms with E-state index in [1.165, 1.54) is 38.8 Å². The molecule has 0 bridgehead atoms. The van der Waals surface area contributed by atoms with Gasteiger partial charge < -0.3 is 20.3 Å². The molecule has 1 saturated carbocycles. The average molecular weight is 343 g/mol. The summed E-state index contributed by atoms with van der Waals surface area (Å²) in [4.78, 5) is 14.5. The Balaban J connectivity index is 1.12. The van der Waals surface area contributed by atoms with Crippen LogP contribution in [-0.2, 0) is 11.3 Å². The van der Waals surface area contributed by atoms with E-state index in [1.807, 2.05) is 30.3 Å². The van der Waals surface area contributed by atoms with E-state index in [0.29, 0.717) is 18.7 Å². The molecule has 1 aromatic carbocycles. The van der Waals surface area contributed by atoms with Gasteiger partial charge in [-0.3, -0.25) is 0 Å². The van der Waals surface area contributed by atoms with Crippen molar-refractivity contribution in [3.63, 3.8) is 0 Å². The Morgan fingerprint density at radius 3 is 2.72 bits per heavy atom. The number of ether oxygens (including phenoxy) is 1. The van der Waals surface area contributed by atoms with E-state index in [2.05, 4.69) is 15.5 Å². The Hall–Kier alpha value is -1.59. The number of hydrogen-bond donors (Lipinski definition) is 2. The molecule has 1 amide bonds. The van der Waals surface area contributed by atoms with Gasteiger partial charge in [-0.25, -0.2) is 4.79 Å². The molecule has 2 saturated heterocycles. The molecule has 136 valence electrons. The van der Waals surface area contributed by atoms with Crippen LogP contribution in [0.15, 0.2) is 30.3 Å². The lowest BCUT2D eigenvalue weighted by Gasteiger charge is -2.42. The predicted molar refractivity (Wildman–Crippen MR) is 97.3 cm³/mol. The number of piperidine rings is 1. The maximum absolute atomic E-state index is 11.9. The Morgan fingerprint density at radius 2 is 1.88 bits per heavy atom. The first kappa shape index (κ1) is 16.9. The quantitative estimate of drug-likeness (QED) is 0.863. The van der Waals surface area contributed by atoms with Crippen molar-refractivity contribution in [3.05, 3.63) is 35.9 Å². The summed E-state index contributed by atoms with van der Waals surface area (Å²) in [6.45, 7) is 2.89. The zero-order valence-electron chi connectivity index (χ0n) is 14.8. The molecule has 1 aromatic rings. The van der Waals surface area contributed by atoms with Gasteiger partial charge in [-0.15, -0.1) is 0 Å². The molecule has 0 aromatic heterocycles. The molecule has 0 spiro atoms. The van der Waals surface area contributed by atoms with Gasteiger partial charge in [-0.05, 0) is 57.2 Å². The molecule has 1 aliphatic carbocycles. The molecule has 4 rings (SSSR count). The van der Waals surface area contributed by atoms with Crippen LogP contribution in [0.1, 0.15) is 44.1 Å². The van der Waals surface area contributed by atoms with Gasteiger partial charge in [0.05, 0.1) is 0 Å². The maximum atomic E-state index is 11.9. The number of alkyl carbamates (subject to hydrolysis) is 1. The molecule has 2 N–H and O–H groups in total. The second-order valence-corrected chi connectivity index (χ2v) is 7.79. The normalized spacial score (nSPS) is 31.8. The Morgan fingerprint density at radius 1 is 1.04 bits per heavy atom. The molecular formula is C20H29N3O2. The minimum Gasteiger partial charge on any atom is -0.445 e. The van der Waals surface area contributed by atoms with Crippen molar-refractivity contribution in [2.45, 2.75) is 69.3 Å². The Bertz CT molecular complexity index is 574. The lowest BCUT2D eigenvalue weighted by molar-refractivity contribution is 0.117. The van der Waals surface area contributed by atoms with Crippen LogP contribution >= 0.6 is 0 Å². The van der Waals surface area contributed by atoms with E-state index in [4.69, 9.17) is 4.74 Å². The number of carbonyl (C=O) groups is 1. The standard InChI is InChI=1S/C20H29N3O2/c24-20(25-14-15-5-2-1-3-6-15)22-18-11-17(12-18)21-16-8-10-23-9-4-7-19(23)13-16/h1-3,5-6,16-19,21H,4,7-14H2,(H,22,24). The van der Waals surface area contributed by atoms with Crippen LogP contribution in [0.5, 0.6) is 0 Å². The highest BCUT2D eigenvalue weighted by molar-refractivity contribution is 5.67. The smallest absolute Gasteiger partial charge is 0.407 e. The molecule has 25 heavy (non-hydrogen) atoms. The van der Waals surface area contributed by atoms with Crippen LogP contribution < -0.4 is 10.6 Å². The van der Waals surface area contributed by atoms with Gasteiger partial charge in [-0.1, -0.05) is 30.3 Å². The summed E-state index contributed by atoms with van der Waals surface area (Å²) < 4.78 is 5.29. The monoisotopic (exact) mass is 343 g/mol. The van der Waals surface area contributed by atoms with Crippen molar-refractivity contribution in [1.82, 2.24) is 15.5 Å². The summed E-state index contributed by atoms with van der Waals surface area (Å²) in [5, 5.41) is 6.79. The third kappa shape index (κ3) is 4.33. The third-order valence-corrected chi connectivity index (χ3v) is 5.96.